The molecule has 0 spiro atoms. The Morgan fingerprint density at radius 3 is 2.65 bits per heavy atom. The van der Waals surface area contributed by atoms with Gasteiger partial charge in [0.1, 0.15) is 0 Å². The number of hydrogen-bond acceptors (Lipinski definition) is 2. The molecule has 3 aliphatic rings. The van der Waals surface area contributed by atoms with Crippen LogP contribution >= 0.6 is 0 Å². The highest BCUT2D eigenvalue weighted by molar-refractivity contribution is 5.02. The van der Waals surface area contributed by atoms with Crippen LogP contribution in [0.4, 0.5) is 0 Å². The summed E-state index contributed by atoms with van der Waals surface area (Å²) < 4.78 is 5.81. The second-order valence-corrected chi connectivity index (χ2v) is 6.99. The molecule has 0 radical (unpaired) electrons. The first-order valence-electron chi connectivity index (χ1n) is 7.42. The Morgan fingerprint density at radius 2 is 2.06 bits per heavy atom. The molecule has 5 unspecified atom stereocenters. The van der Waals surface area contributed by atoms with Crippen LogP contribution in [-0.4, -0.2) is 23.4 Å². The molecule has 0 aromatic rings. The van der Waals surface area contributed by atoms with Crippen molar-refractivity contribution in [3.05, 3.63) is 0 Å². The molecule has 3 fully saturated rings. The van der Waals surface area contributed by atoms with E-state index in [-0.39, 0.29) is 6.10 Å². The van der Waals surface area contributed by atoms with Gasteiger partial charge in [-0.1, -0.05) is 20.3 Å². The third-order valence-corrected chi connectivity index (χ3v) is 5.59. The van der Waals surface area contributed by atoms with Crippen molar-refractivity contribution in [2.24, 2.45) is 23.7 Å². The van der Waals surface area contributed by atoms with Gasteiger partial charge in [-0.15, -0.1) is 0 Å². The third-order valence-electron chi connectivity index (χ3n) is 5.59. The van der Waals surface area contributed by atoms with Crippen molar-refractivity contribution in [1.29, 1.82) is 0 Å². The van der Waals surface area contributed by atoms with Crippen LogP contribution in [0, 0.1) is 23.7 Å². The van der Waals surface area contributed by atoms with Gasteiger partial charge < -0.3 is 9.84 Å². The summed E-state index contributed by atoms with van der Waals surface area (Å²) in [6, 6.07) is 0. The van der Waals surface area contributed by atoms with Crippen LogP contribution in [0.5, 0.6) is 0 Å². The summed E-state index contributed by atoms with van der Waals surface area (Å²) in [6.45, 7) is 5.17. The second-order valence-electron chi connectivity index (χ2n) is 6.99. The fraction of sp³-hybridized carbons (Fsp3) is 1.00. The molecule has 1 aliphatic heterocycles. The lowest BCUT2D eigenvalue weighted by Gasteiger charge is -2.45. The van der Waals surface area contributed by atoms with Gasteiger partial charge in [0.05, 0.1) is 11.7 Å². The molecule has 2 aliphatic carbocycles. The summed E-state index contributed by atoms with van der Waals surface area (Å²) in [7, 11) is 0. The third kappa shape index (κ3) is 2.04. The van der Waals surface area contributed by atoms with Crippen LogP contribution in [0.3, 0.4) is 0 Å². The maximum absolute atomic E-state index is 11.0. The van der Waals surface area contributed by atoms with Crippen LogP contribution in [0.2, 0.25) is 0 Å². The van der Waals surface area contributed by atoms with E-state index in [0.29, 0.717) is 11.8 Å². The van der Waals surface area contributed by atoms with E-state index in [4.69, 9.17) is 4.74 Å². The van der Waals surface area contributed by atoms with Crippen molar-refractivity contribution >= 4 is 0 Å². The lowest BCUT2D eigenvalue weighted by Crippen LogP contribution is -2.49. The van der Waals surface area contributed by atoms with Gasteiger partial charge in [0.2, 0.25) is 0 Å². The highest BCUT2D eigenvalue weighted by atomic mass is 16.5. The first-order valence-corrected chi connectivity index (χ1v) is 7.42. The lowest BCUT2D eigenvalue weighted by molar-refractivity contribution is -0.151. The molecule has 3 rings (SSSR count). The Bertz CT molecular complexity index is 289. The monoisotopic (exact) mass is 238 g/mol. The van der Waals surface area contributed by atoms with Gasteiger partial charge in [-0.05, 0) is 49.4 Å². The van der Waals surface area contributed by atoms with Crippen molar-refractivity contribution in [3.63, 3.8) is 0 Å². The van der Waals surface area contributed by atoms with Crippen molar-refractivity contribution in [2.75, 3.05) is 6.61 Å². The average Bonchev–Trinajstić information content (AvgIpc) is 2.91. The predicted octanol–water partition coefficient (Wildman–Crippen LogP) is 2.99. The van der Waals surface area contributed by atoms with E-state index >= 15 is 0 Å². The average molecular weight is 238 g/mol. The maximum atomic E-state index is 11.0. The van der Waals surface area contributed by atoms with Gasteiger partial charge in [-0.3, -0.25) is 0 Å². The summed E-state index contributed by atoms with van der Waals surface area (Å²) in [5.41, 5.74) is -0.410. The van der Waals surface area contributed by atoms with Crippen LogP contribution in [-0.2, 0) is 4.74 Å². The minimum Gasteiger partial charge on any atom is -0.389 e. The van der Waals surface area contributed by atoms with Gasteiger partial charge in [0.15, 0.2) is 0 Å². The number of ether oxygens (including phenoxy) is 1. The molecule has 5 atom stereocenters. The topological polar surface area (TPSA) is 29.5 Å². The van der Waals surface area contributed by atoms with E-state index in [0.717, 1.165) is 31.3 Å². The normalized spacial score (nSPS) is 50.1. The molecule has 2 bridgehead atoms. The quantitative estimate of drug-likeness (QED) is 0.801. The Morgan fingerprint density at radius 1 is 1.24 bits per heavy atom. The highest BCUT2D eigenvalue weighted by Gasteiger charge is 2.51. The van der Waals surface area contributed by atoms with Gasteiger partial charge >= 0.3 is 0 Å². The summed E-state index contributed by atoms with van der Waals surface area (Å²) in [4.78, 5) is 0. The zero-order chi connectivity index (χ0) is 12.0. The zero-order valence-electron chi connectivity index (χ0n) is 11.2. The molecule has 17 heavy (non-hydrogen) atoms. The number of aliphatic hydroxyl groups is 1. The van der Waals surface area contributed by atoms with Gasteiger partial charge in [0.25, 0.3) is 0 Å². The van der Waals surface area contributed by atoms with Crippen molar-refractivity contribution in [2.45, 2.75) is 64.1 Å². The van der Waals surface area contributed by atoms with E-state index in [9.17, 15) is 5.11 Å². The molecule has 2 nitrogen and oxygen atoms in total. The maximum Gasteiger partial charge on any atom is 0.0725 e. The summed E-state index contributed by atoms with van der Waals surface area (Å²) in [5, 5.41) is 11.0. The van der Waals surface area contributed by atoms with Gasteiger partial charge in [0, 0.05) is 13.0 Å². The Labute approximate surface area is 105 Å². The van der Waals surface area contributed by atoms with Crippen LogP contribution < -0.4 is 0 Å². The lowest BCUT2D eigenvalue weighted by atomic mass is 9.70. The van der Waals surface area contributed by atoms with Crippen LogP contribution in [0.15, 0.2) is 0 Å². The fourth-order valence-corrected chi connectivity index (χ4v) is 4.56. The second kappa shape index (κ2) is 4.24. The summed E-state index contributed by atoms with van der Waals surface area (Å²) in [5.74, 6) is 2.84. The molecule has 1 N–H and O–H groups in total. The number of rotatable bonds is 2. The molecule has 98 valence electrons. The largest absolute Gasteiger partial charge is 0.389 e. The van der Waals surface area contributed by atoms with E-state index in [1.807, 2.05) is 0 Å². The van der Waals surface area contributed by atoms with Gasteiger partial charge in [-0.2, -0.15) is 0 Å². The summed E-state index contributed by atoms with van der Waals surface area (Å²) >= 11 is 0. The van der Waals surface area contributed by atoms with E-state index in [1.165, 1.54) is 25.7 Å². The SMILES string of the molecule is CC(C)C1CC(O)(C2CC3CCC2C3)CCO1. The molecule has 2 saturated carbocycles. The molecule has 0 aromatic heterocycles. The number of hydrogen-bond donors (Lipinski definition) is 1. The van der Waals surface area contributed by atoms with Crippen molar-refractivity contribution < 1.29 is 9.84 Å². The molecule has 1 saturated heterocycles. The molecule has 0 amide bonds. The smallest absolute Gasteiger partial charge is 0.0725 e. The van der Waals surface area contributed by atoms with Crippen molar-refractivity contribution in [1.82, 2.24) is 0 Å². The molecular formula is C15H26O2. The molecule has 2 heteroatoms. The first kappa shape index (κ1) is 12.0. The Hall–Kier alpha value is -0.0800. The minimum absolute atomic E-state index is 0.271. The summed E-state index contributed by atoms with van der Waals surface area (Å²) in [6.07, 6.45) is 7.47. The van der Waals surface area contributed by atoms with E-state index in [2.05, 4.69) is 13.8 Å². The standard InChI is InChI=1S/C15H26O2/c1-10(2)14-9-15(16,5-6-17-14)13-8-11-3-4-12(13)7-11/h10-14,16H,3-9H2,1-2H3. The van der Waals surface area contributed by atoms with E-state index < -0.39 is 5.60 Å². The fourth-order valence-electron chi connectivity index (χ4n) is 4.56. The minimum atomic E-state index is -0.410. The zero-order valence-corrected chi connectivity index (χ0v) is 11.2. The molecular weight excluding hydrogens is 212 g/mol. The predicted molar refractivity (Wildman–Crippen MR) is 67.7 cm³/mol. The first-order chi connectivity index (χ1) is 8.08. The molecule has 1 heterocycles. The van der Waals surface area contributed by atoms with Crippen molar-refractivity contribution in [3.8, 4) is 0 Å². The van der Waals surface area contributed by atoms with E-state index in [1.54, 1.807) is 0 Å². The Balaban J connectivity index is 1.72. The van der Waals surface area contributed by atoms with Gasteiger partial charge in [-0.25, -0.2) is 0 Å². The van der Waals surface area contributed by atoms with Crippen LogP contribution in [0.1, 0.15) is 52.4 Å². The highest BCUT2D eigenvalue weighted by Crippen LogP contribution is 2.54. The Kier molecular flexibility index (Phi) is 2.99. The number of fused-ring (bicyclic) bond motifs is 2. The molecule has 0 aromatic carbocycles. The van der Waals surface area contributed by atoms with Crippen LogP contribution in [0.25, 0.3) is 0 Å².